The summed E-state index contributed by atoms with van der Waals surface area (Å²) in [5, 5.41) is 0. The van der Waals surface area contributed by atoms with Crippen LogP contribution in [0, 0.1) is 26.6 Å². The lowest BCUT2D eigenvalue weighted by molar-refractivity contribution is 0.431. The van der Waals surface area contributed by atoms with Crippen molar-refractivity contribution >= 4 is 10.2 Å². The SMILES string of the molecule is Cc1cc(C)c(CN2CCN(Cc3ccccc3F)S2(=O)=O)c(C)c1. The van der Waals surface area contributed by atoms with Gasteiger partial charge in [-0.3, -0.25) is 0 Å². The summed E-state index contributed by atoms with van der Waals surface area (Å²) in [5.74, 6) is -0.374. The van der Waals surface area contributed by atoms with Gasteiger partial charge in [0.2, 0.25) is 0 Å². The highest BCUT2D eigenvalue weighted by Crippen LogP contribution is 2.25. The van der Waals surface area contributed by atoms with Crippen molar-refractivity contribution in [3.05, 3.63) is 70.0 Å². The Kier molecular flexibility index (Phi) is 4.95. The third kappa shape index (κ3) is 3.61. The largest absolute Gasteiger partial charge is 0.282 e. The number of rotatable bonds is 4. The van der Waals surface area contributed by atoms with Gasteiger partial charge in [-0.05, 0) is 43.5 Å². The van der Waals surface area contributed by atoms with Gasteiger partial charge in [0.15, 0.2) is 0 Å². The molecule has 1 fully saturated rings. The number of hydrogen-bond acceptors (Lipinski definition) is 2. The molecule has 0 bridgehead atoms. The molecular weight excluding hydrogens is 339 g/mol. The molecule has 1 saturated heterocycles. The van der Waals surface area contributed by atoms with Crippen LogP contribution < -0.4 is 0 Å². The van der Waals surface area contributed by atoms with E-state index in [1.54, 1.807) is 18.2 Å². The number of benzene rings is 2. The van der Waals surface area contributed by atoms with Gasteiger partial charge in [-0.15, -0.1) is 0 Å². The average Bonchev–Trinajstić information content (AvgIpc) is 2.80. The summed E-state index contributed by atoms with van der Waals surface area (Å²) in [6, 6.07) is 10.4. The van der Waals surface area contributed by atoms with E-state index in [1.165, 1.54) is 20.2 Å². The molecule has 0 amide bonds. The zero-order valence-corrected chi connectivity index (χ0v) is 15.6. The lowest BCUT2D eigenvalue weighted by Gasteiger charge is -2.21. The molecule has 2 aromatic rings. The molecule has 4 nitrogen and oxygen atoms in total. The highest BCUT2D eigenvalue weighted by molar-refractivity contribution is 7.86. The van der Waals surface area contributed by atoms with Crippen LogP contribution in [-0.4, -0.2) is 30.1 Å². The van der Waals surface area contributed by atoms with Crippen LogP contribution in [0.15, 0.2) is 36.4 Å². The summed E-state index contributed by atoms with van der Waals surface area (Å²) >= 11 is 0. The van der Waals surface area contributed by atoms with Crippen molar-refractivity contribution in [1.29, 1.82) is 0 Å². The standard InChI is InChI=1S/C19H23FN2O2S/c1-14-10-15(2)18(16(3)11-14)13-22-9-8-21(25(22,23)24)12-17-6-4-5-7-19(17)20/h4-7,10-11H,8-9,12-13H2,1-3H3. The molecule has 0 unspecified atom stereocenters. The Morgan fingerprint density at radius 2 is 1.52 bits per heavy atom. The minimum atomic E-state index is -3.58. The fourth-order valence-electron chi connectivity index (χ4n) is 3.39. The smallest absolute Gasteiger partial charge is 0.207 e. The van der Waals surface area contributed by atoms with E-state index >= 15 is 0 Å². The topological polar surface area (TPSA) is 40.6 Å². The Morgan fingerprint density at radius 3 is 2.12 bits per heavy atom. The molecule has 134 valence electrons. The van der Waals surface area contributed by atoms with Crippen molar-refractivity contribution < 1.29 is 12.8 Å². The minimum absolute atomic E-state index is 0.0668. The second-order valence-corrected chi connectivity index (χ2v) is 8.57. The summed E-state index contributed by atoms with van der Waals surface area (Å²) in [7, 11) is -3.58. The first-order chi connectivity index (χ1) is 11.8. The predicted molar refractivity (Wildman–Crippen MR) is 96.8 cm³/mol. The molecule has 0 saturated carbocycles. The van der Waals surface area contributed by atoms with Crippen LogP contribution in [0.25, 0.3) is 0 Å². The van der Waals surface area contributed by atoms with E-state index in [1.807, 2.05) is 20.8 Å². The second-order valence-electron chi connectivity index (χ2n) is 6.64. The molecule has 0 atom stereocenters. The van der Waals surface area contributed by atoms with Gasteiger partial charge in [0, 0.05) is 31.7 Å². The monoisotopic (exact) mass is 362 g/mol. The fourth-order valence-corrected chi connectivity index (χ4v) is 4.94. The molecule has 2 aromatic carbocycles. The molecule has 6 heteroatoms. The van der Waals surface area contributed by atoms with Crippen LogP contribution in [0.1, 0.15) is 27.8 Å². The molecule has 1 aliphatic rings. The normalized spacial score (nSPS) is 17.9. The van der Waals surface area contributed by atoms with Crippen molar-refractivity contribution in [3.63, 3.8) is 0 Å². The van der Waals surface area contributed by atoms with E-state index in [0.717, 1.165) is 16.7 Å². The van der Waals surface area contributed by atoms with Crippen LogP contribution in [0.3, 0.4) is 0 Å². The summed E-state index contributed by atoms with van der Waals surface area (Å²) in [4.78, 5) is 0. The van der Waals surface area contributed by atoms with Crippen molar-refractivity contribution in [2.24, 2.45) is 0 Å². The molecule has 1 aliphatic heterocycles. The molecule has 0 N–H and O–H groups in total. The van der Waals surface area contributed by atoms with E-state index in [-0.39, 0.29) is 12.4 Å². The van der Waals surface area contributed by atoms with Gasteiger partial charge in [0.05, 0.1) is 0 Å². The van der Waals surface area contributed by atoms with Crippen LogP contribution in [0.4, 0.5) is 4.39 Å². The zero-order valence-electron chi connectivity index (χ0n) is 14.8. The van der Waals surface area contributed by atoms with Crippen LogP contribution >= 0.6 is 0 Å². The molecule has 1 heterocycles. The number of aryl methyl sites for hydroxylation is 3. The van der Waals surface area contributed by atoms with Crippen molar-refractivity contribution in [1.82, 2.24) is 8.61 Å². The van der Waals surface area contributed by atoms with Crippen molar-refractivity contribution in [2.75, 3.05) is 13.1 Å². The summed E-state index contributed by atoms with van der Waals surface area (Å²) < 4.78 is 42.3. The Hall–Kier alpha value is -1.76. The van der Waals surface area contributed by atoms with Gasteiger partial charge in [-0.2, -0.15) is 17.0 Å². The van der Waals surface area contributed by atoms with E-state index in [9.17, 15) is 12.8 Å². The molecule has 25 heavy (non-hydrogen) atoms. The Bertz CT molecular complexity index is 873. The van der Waals surface area contributed by atoms with E-state index < -0.39 is 10.2 Å². The number of halogens is 1. The molecule has 0 aromatic heterocycles. The lowest BCUT2D eigenvalue weighted by Crippen LogP contribution is -2.33. The third-order valence-electron chi connectivity index (χ3n) is 4.73. The highest BCUT2D eigenvalue weighted by Gasteiger charge is 2.37. The molecule has 0 aliphatic carbocycles. The van der Waals surface area contributed by atoms with Gasteiger partial charge in [-0.1, -0.05) is 35.9 Å². The maximum atomic E-state index is 13.8. The maximum Gasteiger partial charge on any atom is 0.282 e. The zero-order chi connectivity index (χ0) is 18.2. The molecular formula is C19H23FN2O2S. The Balaban J connectivity index is 1.81. The van der Waals surface area contributed by atoms with Gasteiger partial charge in [0.25, 0.3) is 10.2 Å². The van der Waals surface area contributed by atoms with E-state index in [0.29, 0.717) is 25.2 Å². The third-order valence-corrected chi connectivity index (χ3v) is 6.66. The van der Waals surface area contributed by atoms with Gasteiger partial charge < -0.3 is 0 Å². The predicted octanol–water partition coefficient (Wildman–Crippen LogP) is 3.31. The van der Waals surface area contributed by atoms with Crippen molar-refractivity contribution in [3.8, 4) is 0 Å². The number of hydrogen-bond donors (Lipinski definition) is 0. The molecule has 0 spiro atoms. The lowest BCUT2D eigenvalue weighted by atomic mass is 10.00. The first-order valence-electron chi connectivity index (χ1n) is 8.34. The average molecular weight is 362 g/mol. The molecule has 0 radical (unpaired) electrons. The van der Waals surface area contributed by atoms with Crippen LogP contribution in [0.5, 0.6) is 0 Å². The highest BCUT2D eigenvalue weighted by atomic mass is 32.2. The van der Waals surface area contributed by atoms with Crippen LogP contribution in [-0.2, 0) is 23.3 Å². The molecule has 3 rings (SSSR count). The summed E-state index contributed by atoms with van der Waals surface area (Å²) in [6.07, 6.45) is 0. The van der Waals surface area contributed by atoms with Gasteiger partial charge in [-0.25, -0.2) is 4.39 Å². The summed E-state index contributed by atoms with van der Waals surface area (Å²) in [5.41, 5.74) is 4.81. The quantitative estimate of drug-likeness (QED) is 0.837. The first kappa shape index (κ1) is 18.0. The van der Waals surface area contributed by atoms with Crippen LogP contribution in [0.2, 0.25) is 0 Å². The summed E-state index contributed by atoms with van der Waals surface area (Å²) in [6.45, 7) is 7.27. The minimum Gasteiger partial charge on any atom is -0.207 e. The number of nitrogens with zero attached hydrogens (tertiary/aromatic N) is 2. The Morgan fingerprint density at radius 1 is 0.960 bits per heavy atom. The Labute approximate surface area is 149 Å². The fraction of sp³-hybridized carbons (Fsp3) is 0.368. The van der Waals surface area contributed by atoms with E-state index in [4.69, 9.17) is 0 Å². The maximum absolute atomic E-state index is 13.8. The first-order valence-corrected chi connectivity index (χ1v) is 9.74. The van der Waals surface area contributed by atoms with Gasteiger partial charge >= 0.3 is 0 Å². The van der Waals surface area contributed by atoms with Gasteiger partial charge in [0.1, 0.15) is 5.82 Å². The van der Waals surface area contributed by atoms with E-state index in [2.05, 4.69) is 12.1 Å². The van der Waals surface area contributed by atoms with Crippen molar-refractivity contribution in [2.45, 2.75) is 33.9 Å². The second kappa shape index (κ2) is 6.86.